The van der Waals surface area contributed by atoms with Crippen LogP contribution in [0.4, 0.5) is 0 Å². The second-order valence-corrected chi connectivity index (χ2v) is 3.71. The molecule has 76 valence electrons. The smallest absolute Gasteiger partial charge is 0.223 e. The number of nitrogens with zero attached hydrogens (tertiary/aromatic N) is 2. The molecule has 1 aliphatic carbocycles. The molecule has 1 unspecified atom stereocenters. The van der Waals surface area contributed by atoms with Gasteiger partial charge in [0, 0.05) is 18.4 Å². The third-order valence-corrected chi connectivity index (χ3v) is 2.35. The Morgan fingerprint density at radius 2 is 2.57 bits per heavy atom. The van der Waals surface area contributed by atoms with Crippen LogP contribution in [0.2, 0.25) is 0 Å². The molecule has 0 bridgehead atoms. The third-order valence-electron chi connectivity index (χ3n) is 2.35. The molecule has 0 radical (unpaired) electrons. The second-order valence-electron chi connectivity index (χ2n) is 3.71. The van der Waals surface area contributed by atoms with Gasteiger partial charge >= 0.3 is 0 Å². The molecule has 0 spiro atoms. The summed E-state index contributed by atoms with van der Waals surface area (Å²) in [5.41, 5.74) is 0. The highest BCUT2D eigenvalue weighted by atomic mass is 16.5. The lowest BCUT2D eigenvalue weighted by Gasteiger charge is -2.07. The maximum absolute atomic E-state index is 11.3. The first-order valence-electron chi connectivity index (χ1n) is 4.81. The van der Waals surface area contributed by atoms with E-state index in [0.717, 1.165) is 12.8 Å². The van der Waals surface area contributed by atoms with E-state index < -0.39 is 0 Å². The normalized spacial score (nSPS) is 17.8. The molecule has 0 saturated heterocycles. The van der Waals surface area contributed by atoms with E-state index in [1.54, 1.807) is 0 Å². The molecule has 2 rings (SSSR count). The van der Waals surface area contributed by atoms with E-state index in [-0.39, 0.29) is 17.7 Å². The first-order valence-corrected chi connectivity index (χ1v) is 4.81. The molecule has 1 amide bonds. The van der Waals surface area contributed by atoms with Crippen molar-refractivity contribution >= 4 is 5.91 Å². The van der Waals surface area contributed by atoms with Gasteiger partial charge in [-0.25, -0.2) is 0 Å². The minimum absolute atomic E-state index is 0.108. The van der Waals surface area contributed by atoms with Gasteiger partial charge in [-0.15, -0.1) is 0 Å². The van der Waals surface area contributed by atoms with Crippen LogP contribution >= 0.6 is 0 Å². The molecule has 1 fully saturated rings. The quantitative estimate of drug-likeness (QED) is 0.767. The fraction of sp³-hybridized carbons (Fsp3) is 0.667. The molecule has 1 aromatic heterocycles. The predicted molar refractivity (Wildman–Crippen MR) is 48.4 cm³/mol. The summed E-state index contributed by atoms with van der Waals surface area (Å²) in [4.78, 5) is 15.2. The highest BCUT2D eigenvalue weighted by Gasteiger charge is 2.29. The summed E-state index contributed by atoms with van der Waals surface area (Å²) >= 11 is 0. The van der Waals surface area contributed by atoms with Crippen LogP contribution < -0.4 is 5.32 Å². The minimum Gasteiger partial charge on any atom is -0.355 e. The molecule has 14 heavy (non-hydrogen) atoms. The Labute approximate surface area is 81.9 Å². The molecule has 1 atom stereocenters. The lowest BCUT2D eigenvalue weighted by atomic mass is 10.1. The lowest BCUT2D eigenvalue weighted by Crippen LogP contribution is -2.28. The molecule has 1 aromatic rings. The fourth-order valence-corrected chi connectivity index (χ4v) is 1.23. The van der Waals surface area contributed by atoms with E-state index in [4.69, 9.17) is 0 Å². The van der Waals surface area contributed by atoms with Crippen molar-refractivity contribution in [1.29, 1.82) is 0 Å². The maximum Gasteiger partial charge on any atom is 0.223 e. The van der Waals surface area contributed by atoms with E-state index in [9.17, 15) is 4.79 Å². The molecule has 5 heteroatoms. The van der Waals surface area contributed by atoms with Gasteiger partial charge in [-0.3, -0.25) is 4.79 Å². The van der Waals surface area contributed by atoms with Crippen LogP contribution in [0.5, 0.6) is 0 Å². The van der Waals surface area contributed by atoms with Gasteiger partial charge in [-0.05, 0) is 12.8 Å². The molecule has 1 N–H and O–H groups in total. The van der Waals surface area contributed by atoms with Crippen LogP contribution in [0.3, 0.4) is 0 Å². The zero-order chi connectivity index (χ0) is 9.97. The molecule has 0 aliphatic heterocycles. The number of amides is 1. The Balaban J connectivity index is 1.77. The van der Waals surface area contributed by atoms with Crippen molar-refractivity contribution < 1.29 is 9.32 Å². The van der Waals surface area contributed by atoms with E-state index in [1.165, 1.54) is 6.39 Å². The zero-order valence-corrected chi connectivity index (χ0v) is 8.06. The van der Waals surface area contributed by atoms with Gasteiger partial charge in [-0.1, -0.05) is 12.1 Å². The second kappa shape index (κ2) is 3.77. The number of rotatable bonds is 4. The van der Waals surface area contributed by atoms with Gasteiger partial charge in [-0.2, -0.15) is 4.98 Å². The van der Waals surface area contributed by atoms with Gasteiger partial charge in [0.1, 0.15) is 0 Å². The van der Waals surface area contributed by atoms with Gasteiger partial charge in [0.2, 0.25) is 12.3 Å². The van der Waals surface area contributed by atoms with Crippen LogP contribution in [0.1, 0.15) is 31.5 Å². The van der Waals surface area contributed by atoms with Crippen LogP contribution in [-0.2, 0) is 4.79 Å². The van der Waals surface area contributed by atoms with Gasteiger partial charge < -0.3 is 9.84 Å². The SMILES string of the molecule is CC(CNC(=O)C1CC1)c1ncon1. The zero-order valence-electron chi connectivity index (χ0n) is 8.06. The van der Waals surface area contributed by atoms with Crippen LogP contribution in [-0.4, -0.2) is 22.6 Å². The Hall–Kier alpha value is -1.39. The third kappa shape index (κ3) is 2.10. The van der Waals surface area contributed by atoms with Crippen molar-refractivity contribution in [3.63, 3.8) is 0 Å². The number of nitrogens with one attached hydrogen (secondary N) is 1. The van der Waals surface area contributed by atoms with E-state index in [1.807, 2.05) is 6.92 Å². The average Bonchev–Trinajstić information content (AvgIpc) is 2.90. The Morgan fingerprint density at radius 3 is 3.14 bits per heavy atom. The molecular weight excluding hydrogens is 182 g/mol. The topological polar surface area (TPSA) is 68.0 Å². The van der Waals surface area contributed by atoms with Crippen molar-refractivity contribution in [1.82, 2.24) is 15.5 Å². The summed E-state index contributed by atoms with van der Waals surface area (Å²) in [5, 5.41) is 6.59. The number of carbonyl (C=O) groups excluding carboxylic acids is 1. The van der Waals surface area contributed by atoms with Crippen LogP contribution in [0.15, 0.2) is 10.9 Å². The summed E-state index contributed by atoms with van der Waals surface area (Å²) in [6, 6.07) is 0. The van der Waals surface area contributed by atoms with Crippen LogP contribution in [0.25, 0.3) is 0 Å². The van der Waals surface area contributed by atoms with Crippen molar-refractivity contribution in [3.8, 4) is 0 Å². The molecular formula is C9H13N3O2. The Bertz CT molecular complexity index is 306. The summed E-state index contributed by atoms with van der Waals surface area (Å²) in [6.07, 6.45) is 3.36. The summed E-state index contributed by atoms with van der Waals surface area (Å²) < 4.78 is 4.63. The predicted octanol–water partition coefficient (Wildman–Crippen LogP) is 0.699. The summed E-state index contributed by atoms with van der Waals surface area (Å²) in [7, 11) is 0. The van der Waals surface area contributed by atoms with Crippen molar-refractivity contribution in [2.45, 2.75) is 25.7 Å². The number of aromatic nitrogens is 2. The maximum atomic E-state index is 11.3. The van der Waals surface area contributed by atoms with Crippen molar-refractivity contribution in [2.24, 2.45) is 5.92 Å². The Morgan fingerprint density at radius 1 is 1.79 bits per heavy atom. The number of carbonyl (C=O) groups is 1. The van der Waals surface area contributed by atoms with Crippen LogP contribution in [0, 0.1) is 5.92 Å². The van der Waals surface area contributed by atoms with E-state index >= 15 is 0 Å². The first kappa shape index (κ1) is 9.18. The molecule has 1 saturated carbocycles. The average molecular weight is 195 g/mol. The minimum atomic E-state index is 0.108. The molecule has 1 heterocycles. The van der Waals surface area contributed by atoms with Gasteiger partial charge in [0.25, 0.3) is 0 Å². The number of hydrogen-bond donors (Lipinski definition) is 1. The highest BCUT2D eigenvalue weighted by Crippen LogP contribution is 2.28. The first-order chi connectivity index (χ1) is 6.77. The molecule has 0 aromatic carbocycles. The van der Waals surface area contributed by atoms with Crippen molar-refractivity contribution in [2.75, 3.05) is 6.54 Å². The van der Waals surface area contributed by atoms with Gasteiger partial charge in [0.15, 0.2) is 5.82 Å². The summed E-state index contributed by atoms with van der Waals surface area (Å²) in [6.45, 7) is 2.53. The largest absolute Gasteiger partial charge is 0.355 e. The van der Waals surface area contributed by atoms with Gasteiger partial charge in [0.05, 0.1) is 0 Å². The lowest BCUT2D eigenvalue weighted by molar-refractivity contribution is -0.122. The van der Waals surface area contributed by atoms with E-state index in [2.05, 4.69) is 20.0 Å². The number of hydrogen-bond acceptors (Lipinski definition) is 4. The monoisotopic (exact) mass is 195 g/mol. The fourth-order valence-electron chi connectivity index (χ4n) is 1.23. The Kier molecular flexibility index (Phi) is 2.47. The van der Waals surface area contributed by atoms with E-state index in [0.29, 0.717) is 12.4 Å². The molecule has 1 aliphatic rings. The highest BCUT2D eigenvalue weighted by molar-refractivity contribution is 5.80. The van der Waals surface area contributed by atoms with Crippen molar-refractivity contribution in [3.05, 3.63) is 12.2 Å². The summed E-state index contributed by atoms with van der Waals surface area (Å²) in [5.74, 6) is 1.16. The molecule has 5 nitrogen and oxygen atoms in total. The standard InChI is InChI=1S/C9H13N3O2/c1-6(8-11-5-14-12-8)4-10-9(13)7-2-3-7/h5-7H,2-4H2,1H3,(H,10,13).